The number of esters is 1. The molecule has 2 N–H and O–H groups in total. The third-order valence-electron chi connectivity index (χ3n) is 2.97. The fourth-order valence-corrected chi connectivity index (χ4v) is 1.69. The summed E-state index contributed by atoms with van der Waals surface area (Å²) in [6, 6.07) is 3.73. The quantitative estimate of drug-likeness (QED) is 0.812. The van der Waals surface area contributed by atoms with Crippen LogP contribution in [0.15, 0.2) is 12.1 Å². The number of hydrogen-bond acceptors (Lipinski definition) is 4. The monoisotopic (exact) mass is 251 g/mol. The summed E-state index contributed by atoms with van der Waals surface area (Å²) in [5.41, 5.74) is 9.17. The lowest BCUT2D eigenvalue weighted by Crippen LogP contribution is -2.31. The van der Waals surface area contributed by atoms with Crippen LogP contribution in [0.5, 0.6) is 5.75 Å². The molecule has 1 atom stereocenters. The van der Waals surface area contributed by atoms with Crippen molar-refractivity contribution in [1.82, 2.24) is 0 Å². The number of carbonyl (C=O) groups is 1. The zero-order valence-corrected chi connectivity index (χ0v) is 11.4. The number of rotatable bonds is 5. The van der Waals surface area contributed by atoms with Gasteiger partial charge in [-0.05, 0) is 37.5 Å². The van der Waals surface area contributed by atoms with E-state index in [0.717, 1.165) is 16.9 Å². The third-order valence-corrected chi connectivity index (χ3v) is 2.97. The van der Waals surface area contributed by atoms with Crippen LogP contribution in [0.25, 0.3) is 0 Å². The first-order valence-corrected chi connectivity index (χ1v) is 5.97. The van der Waals surface area contributed by atoms with E-state index in [9.17, 15) is 4.79 Å². The lowest BCUT2D eigenvalue weighted by Gasteiger charge is -2.16. The summed E-state index contributed by atoms with van der Waals surface area (Å²) >= 11 is 0. The Morgan fingerprint density at radius 3 is 2.50 bits per heavy atom. The predicted molar refractivity (Wildman–Crippen MR) is 70.8 cm³/mol. The van der Waals surface area contributed by atoms with Crippen molar-refractivity contribution in [2.45, 2.75) is 33.2 Å². The fraction of sp³-hybridized carbons (Fsp3) is 0.500. The molecule has 1 unspecified atom stereocenters. The number of nitrogens with two attached hydrogens (primary N) is 1. The van der Waals surface area contributed by atoms with E-state index in [0.29, 0.717) is 6.61 Å². The van der Waals surface area contributed by atoms with E-state index in [1.54, 1.807) is 0 Å². The van der Waals surface area contributed by atoms with Gasteiger partial charge >= 0.3 is 5.97 Å². The van der Waals surface area contributed by atoms with Crippen LogP contribution in [0, 0.1) is 20.8 Å². The topological polar surface area (TPSA) is 61.5 Å². The molecule has 4 heteroatoms. The highest BCUT2D eigenvalue weighted by molar-refractivity contribution is 5.69. The maximum Gasteiger partial charge on any atom is 0.307 e. The summed E-state index contributed by atoms with van der Waals surface area (Å²) in [5, 5.41) is 0. The molecule has 0 aliphatic rings. The third kappa shape index (κ3) is 3.74. The van der Waals surface area contributed by atoms with Gasteiger partial charge in [0.05, 0.1) is 13.5 Å². The van der Waals surface area contributed by atoms with Gasteiger partial charge in [-0.1, -0.05) is 12.1 Å². The van der Waals surface area contributed by atoms with Crippen molar-refractivity contribution in [2.24, 2.45) is 5.73 Å². The van der Waals surface area contributed by atoms with Crippen molar-refractivity contribution in [1.29, 1.82) is 0 Å². The van der Waals surface area contributed by atoms with Gasteiger partial charge in [0.15, 0.2) is 0 Å². The number of benzene rings is 1. The maximum atomic E-state index is 11.1. The second-order valence-corrected chi connectivity index (χ2v) is 4.50. The largest absolute Gasteiger partial charge is 0.491 e. The van der Waals surface area contributed by atoms with Crippen LogP contribution in [0.3, 0.4) is 0 Å². The van der Waals surface area contributed by atoms with Gasteiger partial charge in [-0.3, -0.25) is 4.79 Å². The summed E-state index contributed by atoms with van der Waals surface area (Å²) in [5.74, 6) is 0.541. The van der Waals surface area contributed by atoms with E-state index in [1.165, 1.54) is 12.7 Å². The minimum atomic E-state index is -0.350. The molecular weight excluding hydrogens is 230 g/mol. The van der Waals surface area contributed by atoms with Crippen molar-refractivity contribution in [3.8, 4) is 5.75 Å². The van der Waals surface area contributed by atoms with Crippen molar-refractivity contribution in [3.05, 3.63) is 28.8 Å². The molecule has 0 heterocycles. The molecule has 0 aromatic heterocycles. The zero-order valence-electron chi connectivity index (χ0n) is 11.4. The van der Waals surface area contributed by atoms with Gasteiger partial charge in [-0.25, -0.2) is 0 Å². The Balaban J connectivity index is 2.63. The SMILES string of the molecule is COC(=O)CC(N)COc1c(C)ccc(C)c1C. The van der Waals surface area contributed by atoms with E-state index in [2.05, 4.69) is 10.8 Å². The highest BCUT2D eigenvalue weighted by atomic mass is 16.5. The van der Waals surface area contributed by atoms with Crippen LogP contribution < -0.4 is 10.5 Å². The lowest BCUT2D eigenvalue weighted by molar-refractivity contribution is -0.141. The van der Waals surface area contributed by atoms with E-state index in [1.807, 2.05) is 26.8 Å². The second-order valence-electron chi connectivity index (χ2n) is 4.50. The van der Waals surface area contributed by atoms with Gasteiger partial charge in [0.1, 0.15) is 12.4 Å². The predicted octanol–water partition coefficient (Wildman–Crippen LogP) is 1.88. The minimum Gasteiger partial charge on any atom is -0.491 e. The normalized spacial score (nSPS) is 12.1. The number of ether oxygens (including phenoxy) is 2. The highest BCUT2D eigenvalue weighted by Crippen LogP contribution is 2.25. The first-order valence-electron chi connectivity index (χ1n) is 5.97. The average molecular weight is 251 g/mol. The van der Waals surface area contributed by atoms with Gasteiger partial charge in [0.25, 0.3) is 0 Å². The Bertz CT molecular complexity index is 429. The van der Waals surface area contributed by atoms with Gasteiger partial charge in [0.2, 0.25) is 0 Å². The smallest absolute Gasteiger partial charge is 0.307 e. The van der Waals surface area contributed by atoms with Crippen molar-refractivity contribution >= 4 is 5.97 Å². The van der Waals surface area contributed by atoms with Gasteiger partial charge < -0.3 is 15.2 Å². The molecule has 0 aliphatic carbocycles. The standard InChI is InChI=1S/C14H21NO3/c1-9-5-6-10(2)14(11(9)3)18-8-12(15)7-13(16)17-4/h5-6,12H,7-8,15H2,1-4H3. The Kier molecular flexibility index (Phi) is 5.16. The first kappa shape index (κ1) is 14.5. The second kappa shape index (κ2) is 6.40. The van der Waals surface area contributed by atoms with Crippen LogP contribution in [-0.2, 0) is 9.53 Å². The average Bonchev–Trinajstić information content (AvgIpc) is 2.34. The van der Waals surface area contributed by atoms with Crippen LogP contribution in [0.4, 0.5) is 0 Å². The molecule has 0 radical (unpaired) electrons. The molecule has 0 saturated carbocycles. The van der Waals surface area contributed by atoms with Crippen molar-refractivity contribution in [2.75, 3.05) is 13.7 Å². The Hall–Kier alpha value is -1.55. The molecule has 0 bridgehead atoms. The summed E-state index contributed by atoms with van der Waals surface area (Å²) in [6.07, 6.45) is 0.167. The van der Waals surface area contributed by atoms with E-state index in [-0.39, 0.29) is 18.4 Å². The van der Waals surface area contributed by atoms with Gasteiger partial charge in [0, 0.05) is 6.04 Å². The molecule has 0 aliphatic heterocycles. The van der Waals surface area contributed by atoms with E-state index in [4.69, 9.17) is 10.5 Å². The maximum absolute atomic E-state index is 11.1. The summed E-state index contributed by atoms with van der Waals surface area (Å²) in [6.45, 7) is 6.35. The van der Waals surface area contributed by atoms with Crippen LogP contribution in [0.2, 0.25) is 0 Å². The molecular formula is C14H21NO3. The van der Waals surface area contributed by atoms with E-state index >= 15 is 0 Å². The van der Waals surface area contributed by atoms with Crippen LogP contribution >= 0.6 is 0 Å². The fourth-order valence-electron chi connectivity index (χ4n) is 1.69. The molecule has 1 rings (SSSR count). The molecule has 0 saturated heterocycles. The van der Waals surface area contributed by atoms with Gasteiger partial charge in [-0.2, -0.15) is 0 Å². The molecule has 0 spiro atoms. The van der Waals surface area contributed by atoms with Crippen molar-refractivity contribution < 1.29 is 14.3 Å². The summed E-state index contributed by atoms with van der Waals surface area (Å²) in [7, 11) is 1.35. The summed E-state index contributed by atoms with van der Waals surface area (Å²) < 4.78 is 10.3. The molecule has 18 heavy (non-hydrogen) atoms. The molecule has 0 amide bonds. The first-order chi connectivity index (χ1) is 8.45. The Labute approximate surface area is 108 Å². The van der Waals surface area contributed by atoms with E-state index < -0.39 is 0 Å². The van der Waals surface area contributed by atoms with Crippen LogP contribution in [0.1, 0.15) is 23.1 Å². The number of carbonyl (C=O) groups excluding carboxylic acids is 1. The molecule has 0 fully saturated rings. The number of aryl methyl sites for hydroxylation is 2. The minimum absolute atomic E-state index is 0.167. The summed E-state index contributed by atoms with van der Waals surface area (Å²) in [4.78, 5) is 11.1. The Morgan fingerprint density at radius 2 is 1.89 bits per heavy atom. The highest BCUT2D eigenvalue weighted by Gasteiger charge is 2.12. The Morgan fingerprint density at radius 1 is 1.28 bits per heavy atom. The molecule has 1 aromatic rings. The van der Waals surface area contributed by atoms with Crippen LogP contribution in [-0.4, -0.2) is 25.7 Å². The lowest BCUT2D eigenvalue weighted by atomic mass is 10.1. The van der Waals surface area contributed by atoms with Crippen molar-refractivity contribution in [3.63, 3.8) is 0 Å². The number of hydrogen-bond donors (Lipinski definition) is 1. The zero-order chi connectivity index (χ0) is 13.7. The van der Waals surface area contributed by atoms with Gasteiger partial charge in [-0.15, -0.1) is 0 Å². The molecule has 4 nitrogen and oxygen atoms in total. The number of methoxy groups -OCH3 is 1. The molecule has 100 valence electrons. The molecule has 1 aromatic carbocycles.